The van der Waals surface area contributed by atoms with Crippen molar-refractivity contribution < 1.29 is 4.74 Å². The molecule has 19 heavy (non-hydrogen) atoms. The lowest BCUT2D eigenvalue weighted by molar-refractivity contribution is 0.413. The van der Waals surface area contributed by atoms with Crippen LogP contribution in [0, 0.1) is 17.4 Å². The predicted octanol–water partition coefficient (Wildman–Crippen LogP) is 3.31. The number of ether oxygens (including phenoxy) is 1. The van der Waals surface area contributed by atoms with Gasteiger partial charge in [-0.15, -0.1) is 0 Å². The molecule has 0 bridgehead atoms. The van der Waals surface area contributed by atoms with E-state index in [4.69, 9.17) is 10.00 Å². The third kappa shape index (κ3) is 1.84. The molecule has 91 valence electrons. The van der Waals surface area contributed by atoms with Crippen LogP contribution in [0.25, 0.3) is 16.6 Å². The van der Waals surface area contributed by atoms with Gasteiger partial charge in [-0.25, -0.2) is 0 Å². The molecule has 1 heterocycles. The van der Waals surface area contributed by atoms with E-state index in [1.807, 2.05) is 42.6 Å². The molecule has 3 heteroatoms. The summed E-state index contributed by atoms with van der Waals surface area (Å²) in [6.07, 6.45) is 2.00. The van der Waals surface area contributed by atoms with Gasteiger partial charge in [0.25, 0.3) is 0 Å². The summed E-state index contributed by atoms with van der Waals surface area (Å²) in [5, 5.41) is 10.1. The van der Waals surface area contributed by atoms with Crippen LogP contribution in [0.2, 0.25) is 0 Å². The molecule has 0 spiro atoms. The maximum absolute atomic E-state index is 9.00. The zero-order valence-corrected chi connectivity index (χ0v) is 10.4. The van der Waals surface area contributed by atoms with Gasteiger partial charge in [0.05, 0.1) is 18.2 Å². The molecule has 3 aromatic rings. The molecule has 2 aromatic carbocycles. The number of hydrogen-bond donors (Lipinski definition) is 0. The van der Waals surface area contributed by atoms with E-state index in [0.29, 0.717) is 11.3 Å². The van der Waals surface area contributed by atoms with Crippen molar-refractivity contribution in [3.05, 3.63) is 60.3 Å². The monoisotopic (exact) mass is 247 g/mol. The number of nitrogens with zero attached hydrogens (tertiary/aromatic N) is 2. The van der Waals surface area contributed by atoms with Crippen LogP contribution >= 0.6 is 0 Å². The highest BCUT2D eigenvalue weighted by Gasteiger charge is 2.07. The summed E-state index contributed by atoms with van der Waals surface area (Å²) in [4.78, 5) is 0. The van der Waals surface area contributed by atoms with Crippen LogP contribution in [0.1, 0.15) is 5.56 Å². The van der Waals surface area contributed by atoms with Crippen molar-refractivity contribution in [2.24, 2.45) is 0 Å². The van der Waals surface area contributed by atoms with Crippen LogP contribution in [-0.4, -0.2) is 11.7 Å². The molecule has 0 atom stereocenters. The Morgan fingerprint density at radius 3 is 2.95 bits per heavy atom. The Labute approximate surface area is 111 Å². The summed E-state index contributed by atoms with van der Waals surface area (Å²) >= 11 is 0. The number of benzene rings is 2. The fourth-order valence-electron chi connectivity index (χ4n) is 2.17. The quantitative estimate of drug-likeness (QED) is 0.696. The first kappa shape index (κ1) is 11.4. The van der Waals surface area contributed by atoms with E-state index >= 15 is 0 Å². The molecule has 0 aliphatic carbocycles. The minimum Gasteiger partial charge on any atom is -0.495 e. The topological polar surface area (TPSA) is 38.0 Å². The number of aromatic nitrogens is 1. The number of hydrogen-bond acceptors (Lipinski definition) is 2. The molecule has 1 aromatic heterocycles. The zero-order valence-electron chi connectivity index (χ0n) is 10.4. The van der Waals surface area contributed by atoms with Gasteiger partial charge in [0, 0.05) is 23.3 Å². The van der Waals surface area contributed by atoms with Crippen molar-refractivity contribution in [2.45, 2.75) is 0 Å². The molecule has 0 fully saturated rings. The molecular weight excluding hydrogens is 236 g/mol. The van der Waals surface area contributed by atoms with Crippen molar-refractivity contribution in [1.82, 2.24) is 4.57 Å². The second-order valence-electron chi connectivity index (χ2n) is 4.17. The first-order valence-corrected chi connectivity index (χ1v) is 5.89. The Morgan fingerprint density at radius 1 is 1.26 bits per heavy atom. The maximum atomic E-state index is 9.00. The number of nitriles is 1. The SMILES string of the molecule is COc1cc(-n2ccc3c[c]ccc32)ccc1C#N. The molecule has 0 saturated heterocycles. The lowest BCUT2D eigenvalue weighted by atomic mass is 10.2. The van der Waals surface area contributed by atoms with Gasteiger partial charge >= 0.3 is 0 Å². The van der Waals surface area contributed by atoms with E-state index in [2.05, 4.69) is 16.7 Å². The highest BCUT2D eigenvalue weighted by atomic mass is 16.5. The summed E-state index contributed by atoms with van der Waals surface area (Å²) in [6.45, 7) is 0. The molecule has 0 saturated carbocycles. The van der Waals surface area contributed by atoms with Crippen LogP contribution < -0.4 is 4.74 Å². The lowest BCUT2D eigenvalue weighted by Gasteiger charge is -2.08. The summed E-state index contributed by atoms with van der Waals surface area (Å²) in [5.74, 6) is 0.587. The van der Waals surface area contributed by atoms with Crippen molar-refractivity contribution in [3.63, 3.8) is 0 Å². The summed E-state index contributed by atoms with van der Waals surface area (Å²) in [7, 11) is 1.57. The molecule has 3 nitrogen and oxygen atoms in total. The maximum Gasteiger partial charge on any atom is 0.138 e. The van der Waals surface area contributed by atoms with Crippen LogP contribution in [0.15, 0.2) is 48.7 Å². The second kappa shape index (κ2) is 4.51. The van der Waals surface area contributed by atoms with E-state index in [1.54, 1.807) is 13.2 Å². The number of rotatable bonds is 2. The Bertz CT molecular complexity index is 781. The zero-order chi connectivity index (χ0) is 13.2. The van der Waals surface area contributed by atoms with E-state index in [0.717, 1.165) is 16.6 Å². The molecule has 0 unspecified atom stereocenters. The predicted molar refractivity (Wildman–Crippen MR) is 73.4 cm³/mol. The van der Waals surface area contributed by atoms with Crippen molar-refractivity contribution in [2.75, 3.05) is 7.11 Å². The van der Waals surface area contributed by atoms with Crippen molar-refractivity contribution in [3.8, 4) is 17.5 Å². The van der Waals surface area contributed by atoms with Gasteiger partial charge < -0.3 is 9.30 Å². The Hall–Kier alpha value is -2.73. The van der Waals surface area contributed by atoms with Crippen LogP contribution in [0.4, 0.5) is 0 Å². The Morgan fingerprint density at radius 2 is 2.16 bits per heavy atom. The fourth-order valence-corrected chi connectivity index (χ4v) is 2.17. The van der Waals surface area contributed by atoms with Gasteiger partial charge in [-0.3, -0.25) is 0 Å². The van der Waals surface area contributed by atoms with Crippen molar-refractivity contribution >= 4 is 10.9 Å². The summed E-state index contributed by atoms with van der Waals surface area (Å²) < 4.78 is 7.31. The molecule has 1 radical (unpaired) electrons. The van der Waals surface area contributed by atoms with Gasteiger partial charge in [-0.05, 0) is 36.4 Å². The molecule has 3 rings (SSSR count). The van der Waals surface area contributed by atoms with Gasteiger partial charge in [0.15, 0.2) is 0 Å². The van der Waals surface area contributed by atoms with Gasteiger partial charge in [-0.1, -0.05) is 6.07 Å². The molecular formula is C16H11N2O. The first-order chi connectivity index (χ1) is 9.33. The van der Waals surface area contributed by atoms with E-state index in [9.17, 15) is 0 Å². The molecule has 0 aliphatic heterocycles. The molecule has 0 aliphatic rings. The van der Waals surface area contributed by atoms with E-state index < -0.39 is 0 Å². The average molecular weight is 247 g/mol. The third-order valence-electron chi connectivity index (χ3n) is 3.12. The van der Waals surface area contributed by atoms with Gasteiger partial charge in [0.1, 0.15) is 11.8 Å². The summed E-state index contributed by atoms with van der Waals surface area (Å²) in [5.41, 5.74) is 2.61. The third-order valence-corrected chi connectivity index (χ3v) is 3.12. The Balaban J connectivity index is 2.20. The minimum atomic E-state index is 0.538. The highest BCUT2D eigenvalue weighted by molar-refractivity contribution is 5.81. The normalized spacial score (nSPS) is 10.3. The van der Waals surface area contributed by atoms with Gasteiger partial charge in [-0.2, -0.15) is 5.26 Å². The minimum absolute atomic E-state index is 0.538. The lowest BCUT2D eigenvalue weighted by Crippen LogP contribution is -1.95. The van der Waals surface area contributed by atoms with E-state index in [1.165, 1.54) is 0 Å². The average Bonchev–Trinajstić information content (AvgIpc) is 2.90. The second-order valence-corrected chi connectivity index (χ2v) is 4.17. The standard InChI is InChI=1S/C16H11N2O/c1-19-16-10-14(7-6-13(16)11-17)18-9-8-12-4-2-3-5-15(12)18/h3-10H,1H3. The Kier molecular flexibility index (Phi) is 2.70. The molecule has 0 N–H and O–H groups in total. The molecule has 0 amide bonds. The number of methoxy groups -OCH3 is 1. The van der Waals surface area contributed by atoms with Crippen LogP contribution in [0.3, 0.4) is 0 Å². The van der Waals surface area contributed by atoms with Gasteiger partial charge in [0.2, 0.25) is 0 Å². The smallest absolute Gasteiger partial charge is 0.138 e. The first-order valence-electron chi connectivity index (χ1n) is 5.89. The van der Waals surface area contributed by atoms with Crippen molar-refractivity contribution in [1.29, 1.82) is 5.26 Å². The number of fused-ring (bicyclic) bond motifs is 1. The van der Waals surface area contributed by atoms with E-state index in [-0.39, 0.29) is 0 Å². The van der Waals surface area contributed by atoms with Crippen LogP contribution in [-0.2, 0) is 0 Å². The largest absolute Gasteiger partial charge is 0.495 e. The van der Waals surface area contributed by atoms with Crippen LogP contribution in [0.5, 0.6) is 5.75 Å². The summed E-state index contributed by atoms with van der Waals surface area (Å²) in [6, 6.07) is 18.6. The highest BCUT2D eigenvalue weighted by Crippen LogP contribution is 2.25. The fraction of sp³-hybridized carbons (Fsp3) is 0.0625.